The van der Waals surface area contributed by atoms with Gasteiger partial charge in [-0.05, 0) is 25.0 Å². The third-order valence-corrected chi connectivity index (χ3v) is 4.54. The van der Waals surface area contributed by atoms with Crippen molar-refractivity contribution >= 4 is 5.82 Å². The molecule has 1 N–H and O–H groups in total. The average Bonchev–Trinajstić information content (AvgIpc) is 3.17. The van der Waals surface area contributed by atoms with E-state index in [4.69, 9.17) is 10.00 Å². The molecule has 1 aliphatic heterocycles. The van der Waals surface area contributed by atoms with Crippen molar-refractivity contribution in [2.24, 2.45) is 0 Å². The number of anilines is 1. The number of nitrogens with zero attached hydrogens (tertiary/aromatic N) is 5. The summed E-state index contributed by atoms with van der Waals surface area (Å²) in [4.78, 5) is 11.3. The molecule has 0 bridgehead atoms. The highest BCUT2D eigenvalue weighted by Gasteiger charge is 2.37. The largest absolute Gasteiger partial charge is 0.380 e. The van der Waals surface area contributed by atoms with E-state index in [1.54, 1.807) is 19.4 Å². The van der Waals surface area contributed by atoms with Crippen LogP contribution in [-0.2, 0) is 4.74 Å². The fraction of sp³-hybridized carbons (Fsp3) is 0.500. The summed E-state index contributed by atoms with van der Waals surface area (Å²) in [5, 5.41) is 16.6. The molecule has 2 fully saturated rings. The number of methoxy groups -OCH3 is 1. The van der Waals surface area contributed by atoms with Crippen LogP contribution in [0.5, 0.6) is 0 Å². The molecular formula is C16H18N6O. The first-order valence-electron chi connectivity index (χ1n) is 7.86. The van der Waals surface area contributed by atoms with Gasteiger partial charge in [-0.2, -0.15) is 10.4 Å². The number of pyridine rings is 1. The van der Waals surface area contributed by atoms with Gasteiger partial charge in [-0.25, -0.2) is 9.97 Å². The van der Waals surface area contributed by atoms with Crippen molar-refractivity contribution < 1.29 is 4.74 Å². The summed E-state index contributed by atoms with van der Waals surface area (Å²) >= 11 is 0. The lowest BCUT2D eigenvalue weighted by molar-refractivity contribution is 0.118. The van der Waals surface area contributed by atoms with Gasteiger partial charge in [-0.15, -0.1) is 0 Å². The molecule has 0 aromatic carbocycles. The number of ether oxygens (including phenoxy) is 1. The van der Waals surface area contributed by atoms with Crippen molar-refractivity contribution in [1.29, 1.82) is 5.26 Å². The monoisotopic (exact) mass is 310 g/mol. The van der Waals surface area contributed by atoms with Crippen LogP contribution in [0, 0.1) is 11.3 Å². The Morgan fingerprint density at radius 2 is 2.30 bits per heavy atom. The second-order valence-corrected chi connectivity index (χ2v) is 6.13. The standard InChI is InChI=1S/C16H18N6O/c1-23-12-7-13(16-19-15(20-21-16)11-2-3-11)22(9-12)14-6-10(8-17)4-5-18-14/h4-6,11-13H,2-3,7,9H2,1H3,(H,19,20,21)/t12-,13+/m1/s1. The van der Waals surface area contributed by atoms with Crippen LogP contribution in [0.2, 0.25) is 0 Å². The molecular weight excluding hydrogens is 292 g/mol. The van der Waals surface area contributed by atoms with Crippen molar-refractivity contribution in [2.75, 3.05) is 18.6 Å². The summed E-state index contributed by atoms with van der Waals surface area (Å²) in [6.45, 7) is 0.725. The van der Waals surface area contributed by atoms with E-state index in [1.807, 2.05) is 6.07 Å². The van der Waals surface area contributed by atoms with Crippen LogP contribution >= 0.6 is 0 Å². The van der Waals surface area contributed by atoms with Gasteiger partial charge in [-0.1, -0.05) is 0 Å². The lowest BCUT2D eigenvalue weighted by atomic mass is 10.2. The number of rotatable bonds is 4. The molecule has 2 aromatic heterocycles. The van der Waals surface area contributed by atoms with E-state index < -0.39 is 0 Å². The number of nitrogens with one attached hydrogen (secondary N) is 1. The minimum Gasteiger partial charge on any atom is -0.380 e. The molecule has 2 aliphatic rings. The lowest BCUT2D eigenvalue weighted by Gasteiger charge is -2.23. The number of aromatic amines is 1. The SMILES string of the molecule is CO[C@@H]1C[C@@H](c2nc(C3CC3)n[nH]2)N(c2cc(C#N)ccn2)C1. The third-order valence-electron chi connectivity index (χ3n) is 4.54. The predicted molar refractivity (Wildman–Crippen MR) is 82.8 cm³/mol. The van der Waals surface area contributed by atoms with Crippen LogP contribution in [0.3, 0.4) is 0 Å². The van der Waals surface area contributed by atoms with E-state index in [0.717, 1.165) is 30.4 Å². The maximum atomic E-state index is 9.11. The van der Waals surface area contributed by atoms with Crippen LogP contribution in [0.1, 0.15) is 48.4 Å². The Hall–Kier alpha value is -2.46. The Labute approximate surface area is 134 Å². The zero-order valence-corrected chi connectivity index (χ0v) is 12.9. The molecule has 3 heterocycles. The van der Waals surface area contributed by atoms with Crippen molar-refractivity contribution in [3.05, 3.63) is 35.5 Å². The maximum absolute atomic E-state index is 9.11. The highest BCUT2D eigenvalue weighted by molar-refractivity contribution is 5.47. The van der Waals surface area contributed by atoms with Gasteiger partial charge in [0.25, 0.3) is 0 Å². The molecule has 2 aromatic rings. The molecule has 1 saturated heterocycles. The molecule has 23 heavy (non-hydrogen) atoms. The number of aromatic nitrogens is 4. The van der Waals surface area contributed by atoms with E-state index >= 15 is 0 Å². The predicted octanol–water partition coefficient (Wildman–Crippen LogP) is 1.92. The van der Waals surface area contributed by atoms with Crippen LogP contribution < -0.4 is 4.90 Å². The molecule has 0 unspecified atom stereocenters. The molecule has 4 rings (SSSR count). The van der Waals surface area contributed by atoms with Crippen molar-refractivity contribution in [1.82, 2.24) is 20.2 Å². The zero-order chi connectivity index (χ0) is 15.8. The first kappa shape index (κ1) is 14.2. The van der Waals surface area contributed by atoms with Gasteiger partial charge in [0.2, 0.25) is 0 Å². The quantitative estimate of drug-likeness (QED) is 0.927. The smallest absolute Gasteiger partial charge is 0.153 e. The van der Waals surface area contributed by atoms with E-state index in [0.29, 0.717) is 11.5 Å². The van der Waals surface area contributed by atoms with E-state index in [2.05, 4.69) is 31.1 Å². The second kappa shape index (κ2) is 5.63. The van der Waals surface area contributed by atoms with Crippen LogP contribution in [0.4, 0.5) is 5.82 Å². The summed E-state index contributed by atoms with van der Waals surface area (Å²) < 4.78 is 5.54. The molecule has 1 saturated carbocycles. The van der Waals surface area contributed by atoms with Gasteiger partial charge in [0.1, 0.15) is 11.6 Å². The first-order chi connectivity index (χ1) is 11.3. The topological polar surface area (TPSA) is 90.7 Å². The van der Waals surface area contributed by atoms with E-state index in [9.17, 15) is 0 Å². The third kappa shape index (κ3) is 2.66. The molecule has 0 spiro atoms. The van der Waals surface area contributed by atoms with Gasteiger partial charge in [0, 0.05) is 32.2 Å². The molecule has 0 radical (unpaired) electrons. The highest BCUT2D eigenvalue weighted by atomic mass is 16.5. The normalized spacial score (nSPS) is 23.9. The molecule has 7 heteroatoms. The number of hydrogen-bond donors (Lipinski definition) is 1. The van der Waals surface area contributed by atoms with Crippen molar-refractivity contribution in [2.45, 2.75) is 37.3 Å². The Balaban J connectivity index is 1.65. The Kier molecular flexibility index (Phi) is 3.46. The van der Waals surface area contributed by atoms with Crippen LogP contribution in [0.25, 0.3) is 0 Å². The lowest BCUT2D eigenvalue weighted by Crippen LogP contribution is -2.26. The van der Waals surface area contributed by atoms with E-state index in [-0.39, 0.29) is 12.1 Å². The fourth-order valence-electron chi connectivity index (χ4n) is 3.09. The molecule has 0 amide bonds. The summed E-state index contributed by atoms with van der Waals surface area (Å²) in [5.41, 5.74) is 0.603. The Morgan fingerprint density at radius 1 is 1.43 bits per heavy atom. The van der Waals surface area contributed by atoms with Crippen molar-refractivity contribution in [3.8, 4) is 6.07 Å². The minimum absolute atomic E-state index is 0.0430. The van der Waals surface area contributed by atoms with Crippen LogP contribution in [0.15, 0.2) is 18.3 Å². The number of H-pyrrole nitrogens is 1. The number of nitriles is 1. The Bertz CT molecular complexity index is 747. The van der Waals surface area contributed by atoms with Gasteiger partial charge in [0.15, 0.2) is 5.82 Å². The van der Waals surface area contributed by atoms with Gasteiger partial charge >= 0.3 is 0 Å². The highest BCUT2D eigenvalue weighted by Crippen LogP contribution is 2.40. The van der Waals surface area contributed by atoms with E-state index in [1.165, 1.54) is 12.8 Å². The second-order valence-electron chi connectivity index (χ2n) is 6.13. The first-order valence-corrected chi connectivity index (χ1v) is 7.86. The zero-order valence-electron chi connectivity index (χ0n) is 12.9. The number of hydrogen-bond acceptors (Lipinski definition) is 6. The minimum atomic E-state index is 0.0430. The molecule has 1 aliphatic carbocycles. The summed E-state index contributed by atoms with van der Waals surface area (Å²) in [6, 6.07) is 5.73. The summed E-state index contributed by atoms with van der Waals surface area (Å²) in [7, 11) is 1.72. The summed E-state index contributed by atoms with van der Waals surface area (Å²) in [5.74, 6) is 3.07. The molecule has 118 valence electrons. The summed E-state index contributed by atoms with van der Waals surface area (Å²) in [6.07, 6.45) is 4.97. The molecule has 2 atom stereocenters. The Morgan fingerprint density at radius 3 is 3.04 bits per heavy atom. The van der Waals surface area contributed by atoms with Gasteiger partial charge in [-0.3, -0.25) is 5.10 Å². The fourth-order valence-corrected chi connectivity index (χ4v) is 3.09. The average molecular weight is 310 g/mol. The van der Waals surface area contributed by atoms with Gasteiger partial charge < -0.3 is 9.64 Å². The molecule has 7 nitrogen and oxygen atoms in total. The maximum Gasteiger partial charge on any atom is 0.153 e. The van der Waals surface area contributed by atoms with Crippen molar-refractivity contribution in [3.63, 3.8) is 0 Å². The van der Waals surface area contributed by atoms with Crippen LogP contribution in [-0.4, -0.2) is 39.9 Å². The van der Waals surface area contributed by atoms with Gasteiger partial charge in [0.05, 0.1) is 23.8 Å².